The maximum absolute atomic E-state index is 11.6. The van der Waals surface area contributed by atoms with Crippen molar-refractivity contribution in [3.8, 4) is 0 Å². The third kappa shape index (κ3) is 3.62. The van der Waals surface area contributed by atoms with E-state index < -0.39 is 0 Å². The third-order valence-electron chi connectivity index (χ3n) is 2.93. The summed E-state index contributed by atoms with van der Waals surface area (Å²) in [6.45, 7) is 0.986. The fraction of sp³-hybridized carbons (Fsp3) is 0.500. The van der Waals surface area contributed by atoms with E-state index in [1.807, 2.05) is 0 Å². The minimum Gasteiger partial charge on any atom is -0.382 e. The van der Waals surface area contributed by atoms with Crippen molar-refractivity contribution in [2.75, 3.05) is 12.3 Å². The first kappa shape index (κ1) is 11.7. The maximum Gasteiger partial charge on any atom is 0.241 e. The number of rotatable bonds is 4. The first-order valence-electron chi connectivity index (χ1n) is 5.94. The summed E-state index contributed by atoms with van der Waals surface area (Å²) in [4.78, 5) is 11.6. The van der Waals surface area contributed by atoms with E-state index in [1.165, 1.54) is 0 Å². The lowest BCUT2D eigenvalue weighted by Gasteiger charge is -2.18. The molecule has 3 N–H and O–H groups in total. The van der Waals surface area contributed by atoms with Crippen LogP contribution in [0.5, 0.6) is 0 Å². The molecule has 0 fully saturated rings. The Kier molecular flexibility index (Phi) is 3.80. The zero-order chi connectivity index (χ0) is 12.1. The zero-order valence-corrected chi connectivity index (χ0v) is 9.80. The molecule has 0 radical (unpaired) electrons. The Morgan fingerprint density at radius 2 is 2.47 bits per heavy atom. The van der Waals surface area contributed by atoms with Gasteiger partial charge in [0.1, 0.15) is 12.4 Å². The van der Waals surface area contributed by atoms with Crippen LogP contribution in [0.3, 0.4) is 0 Å². The molecule has 0 aromatic carbocycles. The summed E-state index contributed by atoms with van der Waals surface area (Å²) in [6.07, 6.45) is 9.44. The Labute approximate surface area is 101 Å². The molecule has 1 atom stereocenters. The maximum atomic E-state index is 11.6. The zero-order valence-electron chi connectivity index (χ0n) is 9.80. The molecular formula is C12H18N4O. The molecule has 1 aromatic rings. The summed E-state index contributed by atoms with van der Waals surface area (Å²) in [5.74, 6) is 1.00. The molecule has 1 heterocycles. The molecule has 17 heavy (non-hydrogen) atoms. The van der Waals surface area contributed by atoms with Gasteiger partial charge in [0.2, 0.25) is 5.91 Å². The Bertz CT molecular complexity index is 410. The van der Waals surface area contributed by atoms with E-state index in [1.54, 1.807) is 16.9 Å². The quantitative estimate of drug-likeness (QED) is 0.761. The number of nitrogens with one attached hydrogen (secondary N) is 1. The fourth-order valence-corrected chi connectivity index (χ4v) is 1.97. The predicted octanol–water partition coefficient (Wildman–Crippen LogP) is 0.938. The van der Waals surface area contributed by atoms with Crippen LogP contribution in [0.1, 0.15) is 19.3 Å². The van der Waals surface area contributed by atoms with Crippen LogP contribution in [0.25, 0.3) is 0 Å². The van der Waals surface area contributed by atoms with Crippen LogP contribution in [-0.4, -0.2) is 22.2 Å². The van der Waals surface area contributed by atoms with Crippen LogP contribution in [0.2, 0.25) is 0 Å². The van der Waals surface area contributed by atoms with Gasteiger partial charge in [0.05, 0.1) is 0 Å². The first-order valence-corrected chi connectivity index (χ1v) is 5.94. The van der Waals surface area contributed by atoms with Gasteiger partial charge in [-0.05, 0) is 31.2 Å². The molecule has 0 saturated heterocycles. The number of nitrogens with two attached hydrogens (primary N) is 1. The number of aromatic nitrogens is 2. The van der Waals surface area contributed by atoms with Crippen molar-refractivity contribution in [1.82, 2.24) is 15.1 Å². The minimum absolute atomic E-state index is 0.0114. The molecule has 1 aromatic heterocycles. The van der Waals surface area contributed by atoms with Crippen LogP contribution in [0.15, 0.2) is 24.4 Å². The molecule has 5 nitrogen and oxygen atoms in total. The average molecular weight is 234 g/mol. The highest BCUT2D eigenvalue weighted by atomic mass is 16.2. The van der Waals surface area contributed by atoms with Gasteiger partial charge in [-0.15, -0.1) is 0 Å². The Morgan fingerprint density at radius 1 is 1.59 bits per heavy atom. The van der Waals surface area contributed by atoms with Crippen molar-refractivity contribution in [3.05, 3.63) is 24.4 Å². The van der Waals surface area contributed by atoms with E-state index in [0.717, 1.165) is 25.8 Å². The van der Waals surface area contributed by atoms with Gasteiger partial charge in [-0.1, -0.05) is 12.2 Å². The predicted molar refractivity (Wildman–Crippen MR) is 66.1 cm³/mol. The lowest BCUT2D eigenvalue weighted by Crippen LogP contribution is -2.32. The Morgan fingerprint density at radius 3 is 3.12 bits per heavy atom. The molecule has 1 aliphatic rings. The molecule has 92 valence electrons. The molecule has 1 amide bonds. The van der Waals surface area contributed by atoms with E-state index in [-0.39, 0.29) is 12.5 Å². The molecule has 5 heteroatoms. The number of amides is 1. The summed E-state index contributed by atoms with van der Waals surface area (Å²) < 4.78 is 1.55. The number of nitrogens with zero attached hydrogens (tertiary/aromatic N) is 2. The smallest absolute Gasteiger partial charge is 0.241 e. The number of carbonyl (C=O) groups excluding carboxylic acids is 1. The molecule has 0 bridgehead atoms. The van der Waals surface area contributed by atoms with Gasteiger partial charge in [-0.25, -0.2) is 0 Å². The number of carbonyl (C=O) groups is 1. The summed E-state index contributed by atoms with van der Waals surface area (Å²) in [5.41, 5.74) is 5.47. The van der Waals surface area contributed by atoms with Crippen molar-refractivity contribution >= 4 is 11.7 Å². The molecule has 0 aliphatic heterocycles. The van der Waals surface area contributed by atoms with Crippen molar-refractivity contribution in [1.29, 1.82) is 0 Å². The van der Waals surface area contributed by atoms with Crippen molar-refractivity contribution < 1.29 is 4.79 Å². The number of hydrogen-bond acceptors (Lipinski definition) is 3. The Balaban J connectivity index is 1.72. The monoisotopic (exact) mass is 234 g/mol. The van der Waals surface area contributed by atoms with Crippen molar-refractivity contribution in [2.45, 2.75) is 25.8 Å². The first-order chi connectivity index (χ1) is 8.24. The van der Waals surface area contributed by atoms with E-state index in [9.17, 15) is 4.79 Å². The van der Waals surface area contributed by atoms with E-state index >= 15 is 0 Å². The molecule has 2 rings (SSSR count). The van der Waals surface area contributed by atoms with Crippen LogP contribution in [-0.2, 0) is 11.3 Å². The SMILES string of the molecule is Nc1ccn(CC(=O)NCC2CC=CCC2)n1. The summed E-state index contributed by atoms with van der Waals surface area (Å²) in [5, 5.41) is 6.90. The van der Waals surface area contributed by atoms with Crippen LogP contribution >= 0.6 is 0 Å². The summed E-state index contributed by atoms with van der Waals surface area (Å²) in [7, 11) is 0. The molecule has 1 unspecified atom stereocenters. The lowest BCUT2D eigenvalue weighted by molar-refractivity contribution is -0.122. The highest BCUT2D eigenvalue weighted by Gasteiger charge is 2.11. The van der Waals surface area contributed by atoms with E-state index in [4.69, 9.17) is 5.73 Å². The summed E-state index contributed by atoms with van der Waals surface area (Å²) >= 11 is 0. The molecule has 0 saturated carbocycles. The lowest BCUT2D eigenvalue weighted by atomic mass is 9.94. The fourth-order valence-electron chi connectivity index (χ4n) is 1.97. The van der Waals surface area contributed by atoms with Gasteiger partial charge >= 0.3 is 0 Å². The van der Waals surface area contributed by atoms with E-state index in [2.05, 4.69) is 22.6 Å². The summed E-state index contributed by atoms with van der Waals surface area (Å²) in [6, 6.07) is 1.68. The second-order valence-electron chi connectivity index (χ2n) is 4.39. The van der Waals surface area contributed by atoms with Gasteiger partial charge in [-0.3, -0.25) is 9.48 Å². The van der Waals surface area contributed by atoms with Gasteiger partial charge < -0.3 is 11.1 Å². The van der Waals surface area contributed by atoms with Gasteiger partial charge in [0.25, 0.3) is 0 Å². The van der Waals surface area contributed by atoms with Crippen molar-refractivity contribution in [3.63, 3.8) is 0 Å². The Hall–Kier alpha value is -1.78. The minimum atomic E-state index is -0.0114. The van der Waals surface area contributed by atoms with Crippen LogP contribution < -0.4 is 11.1 Å². The second-order valence-corrected chi connectivity index (χ2v) is 4.39. The van der Waals surface area contributed by atoms with E-state index in [0.29, 0.717) is 11.7 Å². The third-order valence-corrected chi connectivity index (χ3v) is 2.93. The van der Waals surface area contributed by atoms with Gasteiger partial charge in [-0.2, -0.15) is 5.10 Å². The number of anilines is 1. The number of nitrogen functional groups attached to an aromatic ring is 1. The number of hydrogen-bond donors (Lipinski definition) is 2. The van der Waals surface area contributed by atoms with Crippen LogP contribution in [0.4, 0.5) is 5.82 Å². The molecular weight excluding hydrogens is 216 g/mol. The van der Waals surface area contributed by atoms with Gasteiger partial charge in [0, 0.05) is 12.7 Å². The molecule has 1 aliphatic carbocycles. The number of allylic oxidation sites excluding steroid dienone is 2. The largest absolute Gasteiger partial charge is 0.382 e. The topological polar surface area (TPSA) is 72.9 Å². The normalized spacial score (nSPS) is 19.2. The second kappa shape index (κ2) is 5.52. The standard InChI is InChI=1S/C12H18N4O/c13-11-6-7-16(15-11)9-12(17)14-8-10-4-2-1-3-5-10/h1-2,6-7,10H,3-5,8-9H2,(H2,13,15)(H,14,17). The van der Waals surface area contributed by atoms with Crippen molar-refractivity contribution in [2.24, 2.45) is 5.92 Å². The van der Waals surface area contributed by atoms with Crippen LogP contribution in [0, 0.1) is 5.92 Å². The van der Waals surface area contributed by atoms with Gasteiger partial charge in [0.15, 0.2) is 0 Å². The highest BCUT2D eigenvalue weighted by molar-refractivity contribution is 5.75. The average Bonchev–Trinajstić information content (AvgIpc) is 2.73. The molecule has 0 spiro atoms. The highest BCUT2D eigenvalue weighted by Crippen LogP contribution is 2.16.